The largest absolute Gasteiger partial charge is 0.497 e. The number of nitrogens with one attached hydrogen (secondary N) is 1. The molecule has 1 atom stereocenters. The van der Waals surface area contributed by atoms with Gasteiger partial charge in [-0.25, -0.2) is 0 Å². The molecule has 6 nitrogen and oxygen atoms in total. The number of hydrogen-bond acceptors (Lipinski definition) is 4. The lowest BCUT2D eigenvalue weighted by atomic mass is 9.83. The van der Waals surface area contributed by atoms with Crippen LogP contribution in [0.4, 0.5) is 0 Å². The Bertz CT molecular complexity index is 919. The molecule has 2 fully saturated rings. The highest BCUT2D eigenvalue weighted by molar-refractivity contribution is 5.87. The lowest BCUT2D eigenvalue weighted by Gasteiger charge is -2.43. The highest BCUT2D eigenvalue weighted by Gasteiger charge is 2.44. The Morgan fingerprint density at radius 3 is 2.90 bits per heavy atom. The summed E-state index contributed by atoms with van der Waals surface area (Å²) >= 11 is 0. The van der Waals surface area contributed by atoms with E-state index in [-0.39, 0.29) is 5.91 Å². The average Bonchev–Trinajstić information content (AvgIpc) is 3.05. The summed E-state index contributed by atoms with van der Waals surface area (Å²) in [5.74, 6) is 1.44. The van der Waals surface area contributed by atoms with Crippen molar-refractivity contribution in [2.45, 2.75) is 50.7 Å². The smallest absolute Gasteiger partial charge is 0.255 e. The van der Waals surface area contributed by atoms with Gasteiger partial charge in [0, 0.05) is 55.7 Å². The van der Waals surface area contributed by atoms with Crippen molar-refractivity contribution in [2.75, 3.05) is 33.3 Å². The minimum absolute atomic E-state index is 0.0537. The Morgan fingerprint density at radius 1 is 1.28 bits per heavy atom. The van der Waals surface area contributed by atoms with E-state index in [0.29, 0.717) is 18.9 Å². The first-order valence-electron chi connectivity index (χ1n) is 11.0. The van der Waals surface area contributed by atoms with Crippen LogP contribution in [0.1, 0.15) is 43.4 Å². The molecule has 1 saturated heterocycles. The highest BCUT2D eigenvalue weighted by atomic mass is 16.5. The Balaban J connectivity index is 1.32. The maximum Gasteiger partial charge on any atom is 0.255 e. The molecule has 1 saturated carbocycles. The van der Waals surface area contributed by atoms with Crippen LogP contribution in [-0.4, -0.2) is 64.7 Å². The van der Waals surface area contributed by atoms with Gasteiger partial charge in [0.2, 0.25) is 0 Å². The van der Waals surface area contributed by atoms with Crippen LogP contribution in [0.25, 0.3) is 10.9 Å². The second-order valence-corrected chi connectivity index (χ2v) is 9.14. The lowest BCUT2D eigenvalue weighted by Crippen LogP contribution is -2.59. The maximum absolute atomic E-state index is 13.1. The van der Waals surface area contributed by atoms with Crippen LogP contribution >= 0.6 is 0 Å². The van der Waals surface area contributed by atoms with E-state index < -0.39 is 5.60 Å². The van der Waals surface area contributed by atoms with Crippen molar-refractivity contribution in [3.63, 3.8) is 0 Å². The Labute approximate surface area is 171 Å². The third-order valence-corrected chi connectivity index (χ3v) is 7.15. The van der Waals surface area contributed by atoms with E-state index in [1.54, 1.807) is 7.11 Å². The molecule has 3 aliphatic rings. The number of hydrogen-bond donors (Lipinski definition) is 2. The first-order valence-corrected chi connectivity index (χ1v) is 11.0. The molecule has 1 aliphatic carbocycles. The highest BCUT2D eigenvalue weighted by Crippen LogP contribution is 2.33. The Hall–Kier alpha value is -2.05. The fourth-order valence-electron chi connectivity index (χ4n) is 5.25. The summed E-state index contributed by atoms with van der Waals surface area (Å²) in [5, 5.41) is 12.5. The van der Waals surface area contributed by atoms with Gasteiger partial charge in [-0.05, 0) is 55.4 Å². The number of methoxy groups -OCH3 is 1. The molecule has 1 aromatic heterocycles. The zero-order valence-corrected chi connectivity index (χ0v) is 17.2. The fraction of sp³-hybridized carbons (Fsp3) is 0.609. The van der Waals surface area contributed by atoms with Crippen LogP contribution in [0.2, 0.25) is 0 Å². The van der Waals surface area contributed by atoms with Gasteiger partial charge in [0.15, 0.2) is 5.60 Å². The second-order valence-electron chi connectivity index (χ2n) is 9.14. The monoisotopic (exact) mass is 397 g/mol. The van der Waals surface area contributed by atoms with E-state index in [1.807, 2.05) is 11.0 Å². The second kappa shape index (κ2) is 7.33. The predicted octanol–water partition coefficient (Wildman–Crippen LogP) is 2.69. The maximum atomic E-state index is 13.1. The van der Waals surface area contributed by atoms with E-state index >= 15 is 0 Å². The minimum Gasteiger partial charge on any atom is -0.497 e. The number of carbonyl (C=O) groups is 1. The quantitative estimate of drug-likeness (QED) is 0.814. The molecule has 2 N–H and O–H groups in total. The summed E-state index contributed by atoms with van der Waals surface area (Å²) < 4.78 is 5.40. The van der Waals surface area contributed by atoms with Crippen LogP contribution in [-0.2, 0) is 17.8 Å². The molecule has 3 heterocycles. The van der Waals surface area contributed by atoms with Gasteiger partial charge < -0.3 is 19.7 Å². The van der Waals surface area contributed by atoms with E-state index in [4.69, 9.17) is 4.74 Å². The van der Waals surface area contributed by atoms with Crippen LogP contribution < -0.4 is 4.74 Å². The minimum atomic E-state index is -1.25. The summed E-state index contributed by atoms with van der Waals surface area (Å²) in [5.41, 5.74) is 2.40. The molecule has 1 aromatic carbocycles. The summed E-state index contributed by atoms with van der Waals surface area (Å²) in [7, 11) is 1.69. The predicted molar refractivity (Wildman–Crippen MR) is 112 cm³/mol. The van der Waals surface area contributed by atoms with Crippen molar-refractivity contribution in [1.29, 1.82) is 0 Å². The number of rotatable bonds is 5. The molecular weight excluding hydrogens is 366 g/mol. The van der Waals surface area contributed by atoms with Gasteiger partial charge in [-0.2, -0.15) is 0 Å². The van der Waals surface area contributed by atoms with Gasteiger partial charge in [-0.15, -0.1) is 0 Å². The lowest BCUT2D eigenvalue weighted by molar-refractivity contribution is -0.161. The molecule has 6 heteroatoms. The fourth-order valence-corrected chi connectivity index (χ4v) is 5.25. The van der Waals surface area contributed by atoms with Crippen molar-refractivity contribution in [2.24, 2.45) is 5.92 Å². The van der Waals surface area contributed by atoms with Gasteiger partial charge in [0.25, 0.3) is 5.91 Å². The van der Waals surface area contributed by atoms with Crippen molar-refractivity contribution in [3.8, 4) is 5.75 Å². The molecule has 5 rings (SSSR count). The first-order chi connectivity index (χ1) is 14.1. The third kappa shape index (κ3) is 3.42. The number of β-amino-alcohol motifs (C(OH)–C–C–N with tert-alkyl or cyclic N) is 1. The van der Waals surface area contributed by atoms with E-state index in [9.17, 15) is 9.90 Å². The van der Waals surface area contributed by atoms with E-state index in [0.717, 1.165) is 50.3 Å². The first kappa shape index (κ1) is 18.9. The van der Waals surface area contributed by atoms with Gasteiger partial charge in [-0.1, -0.05) is 6.42 Å². The zero-order valence-electron chi connectivity index (χ0n) is 17.2. The molecule has 2 aliphatic heterocycles. The SMILES string of the molecule is COc1ccc2[nH]c3c(c2c1)CN(CC1(O)CCCN(CC2CCC2)C1=O)CC3. The number of H-pyrrole nitrogens is 1. The van der Waals surface area contributed by atoms with Crippen LogP contribution in [0.5, 0.6) is 5.75 Å². The molecule has 29 heavy (non-hydrogen) atoms. The number of benzene rings is 1. The normalized spacial score (nSPS) is 25.9. The van der Waals surface area contributed by atoms with Gasteiger partial charge in [-0.3, -0.25) is 9.69 Å². The van der Waals surface area contributed by atoms with Crippen LogP contribution in [0.3, 0.4) is 0 Å². The molecule has 0 spiro atoms. The number of aromatic amines is 1. The standard InChI is InChI=1S/C23H31N3O3/c1-29-17-6-7-20-18(12-17)19-14-25(11-8-21(19)24-20)15-23(28)9-3-10-26(22(23)27)13-16-4-2-5-16/h6-7,12,16,24,28H,2-5,8-11,13-15H2,1H3. The summed E-state index contributed by atoms with van der Waals surface area (Å²) in [6.07, 6.45) is 6.09. The number of aromatic nitrogens is 1. The number of carbonyl (C=O) groups excluding carboxylic acids is 1. The Kier molecular flexibility index (Phi) is 4.79. The summed E-state index contributed by atoms with van der Waals surface area (Å²) in [4.78, 5) is 20.8. The topological polar surface area (TPSA) is 68.8 Å². The molecule has 0 bridgehead atoms. The number of piperidine rings is 1. The van der Waals surface area contributed by atoms with Crippen molar-refractivity contribution >= 4 is 16.8 Å². The summed E-state index contributed by atoms with van der Waals surface area (Å²) in [6, 6.07) is 6.12. The number of likely N-dealkylation sites (tertiary alicyclic amines) is 1. The van der Waals surface area contributed by atoms with Crippen LogP contribution in [0.15, 0.2) is 18.2 Å². The average molecular weight is 398 g/mol. The molecule has 156 valence electrons. The van der Waals surface area contributed by atoms with Crippen LogP contribution in [0, 0.1) is 5.92 Å². The third-order valence-electron chi connectivity index (χ3n) is 7.15. The van der Waals surface area contributed by atoms with Gasteiger partial charge in [0.05, 0.1) is 7.11 Å². The van der Waals surface area contributed by atoms with E-state index in [2.05, 4.69) is 22.0 Å². The van der Waals surface area contributed by atoms with Gasteiger partial charge >= 0.3 is 0 Å². The molecule has 1 unspecified atom stereocenters. The summed E-state index contributed by atoms with van der Waals surface area (Å²) in [6.45, 7) is 3.65. The van der Waals surface area contributed by atoms with E-state index in [1.165, 1.54) is 35.9 Å². The number of amides is 1. The molecule has 0 radical (unpaired) electrons. The molecule has 1 amide bonds. The number of nitrogens with zero attached hydrogens (tertiary/aromatic N) is 2. The van der Waals surface area contributed by atoms with Gasteiger partial charge in [0.1, 0.15) is 5.75 Å². The molecular formula is C23H31N3O3. The number of ether oxygens (including phenoxy) is 1. The van der Waals surface area contributed by atoms with Crippen molar-refractivity contribution < 1.29 is 14.6 Å². The molecule has 2 aromatic rings. The number of fused-ring (bicyclic) bond motifs is 3. The van der Waals surface area contributed by atoms with Crippen molar-refractivity contribution in [1.82, 2.24) is 14.8 Å². The number of aliphatic hydroxyl groups is 1. The zero-order chi connectivity index (χ0) is 20.0. The Morgan fingerprint density at radius 2 is 2.14 bits per heavy atom. The van der Waals surface area contributed by atoms with Crippen molar-refractivity contribution in [3.05, 3.63) is 29.5 Å².